The van der Waals surface area contributed by atoms with Crippen molar-refractivity contribution in [3.63, 3.8) is 0 Å². The normalized spacial score (nSPS) is 18.6. The summed E-state index contributed by atoms with van der Waals surface area (Å²) in [5.74, 6) is 1.92. The fourth-order valence-electron chi connectivity index (χ4n) is 3.94. The molecule has 1 amide bonds. The fraction of sp³-hybridized carbons (Fsp3) is 0.500. The van der Waals surface area contributed by atoms with Crippen molar-refractivity contribution in [2.45, 2.75) is 49.7 Å². The van der Waals surface area contributed by atoms with Crippen LogP contribution in [0.15, 0.2) is 51.0 Å². The van der Waals surface area contributed by atoms with Crippen LogP contribution in [0.5, 0.6) is 0 Å². The predicted molar refractivity (Wildman–Crippen MR) is 144 cm³/mol. The first kappa shape index (κ1) is 24.7. The van der Waals surface area contributed by atoms with Gasteiger partial charge in [0.2, 0.25) is 11.9 Å². The second-order valence-electron chi connectivity index (χ2n) is 10.7. The van der Waals surface area contributed by atoms with Gasteiger partial charge in [0.1, 0.15) is 5.84 Å². The molecule has 1 aromatic heterocycles. The molecule has 0 spiro atoms. The second kappa shape index (κ2) is 10.2. The number of benzene rings is 1. The van der Waals surface area contributed by atoms with Gasteiger partial charge in [0, 0.05) is 42.7 Å². The molecule has 190 valence electrons. The first-order chi connectivity index (χ1) is 17.2. The number of amidine groups is 1. The molecule has 0 unspecified atom stereocenters. The Balaban J connectivity index is 1.35. The minimum atomic E-state index is -0.0157. The molecule has 1 saturated heterocycles. The third-order valence-corrected chi connectivity index (χ3v) is 7.43. The van der Waals surface area contributed by atoms with Crippen LogP contribution in [0.1, 0.15) is 44.0 Å². The van der Waals surface area contributed by atoms with Crippen molar-refractivity contribution in [2.24, 2.45) is 10.4 Å². The molecule has 0 atom stereocenters. The molecule has 1 saturated carbocycles. The van der Waals surface area contributed by atoms with E-state index in [4.69, 9.17) is 15.0 Å². The molecule has 5 rings (SSSR count). The number of amides is 1. The maximum atomic E-state index is 12.3. The summed E-state index contributed by atoms with van der Waals surface area (Å²) in [4.78, 5) is 36.7. The van der Waals surface area contributed by atoms with Crippen molar-refractivity contribution < 1.29 is 4.79 Å². The molecule has 3 heterocycles. The summed E-state index contributed by atoms with van der Waals surface area (Å²) in [5, 5.41) is 6.95. The number of aromatic nitrogens is 3. The molecular weight excluding hydrogens is 472 g/mol. The summed E-state index contributed by atoms with van der Waals surface area (Å²) >= 11 is 1.46. The number of rotatable bonds is 6. The smallest absolute Gasteiger partial charge is 0.251 e. The SMILES string of the molecule is CN1CCN(c2nc(NC3=NCC(C(C)(C)C)=C3)nc(Sc3ccc(C(=O)NC4CC4)cc3)n2)CC1. The topological polar surface area (TPSA) is 98.6 Å². The number of nitrogens with one attached hydrogen (secondary N) is 2. The highest BCUT2D eigenvalue weighted by atomic mass is 32.2. The number of aliphatic imine (C=N–C) groups is 1. The first-order valence-corrected chi connectivity index (χ1v) is 13.4. The number of hydrogen-bond acceptors (Lipinski definition) is 9. The Morgan fingerprint density at radius 2 is 1.75 bits per heavy atom. The molecule has 0 bridgehead atoms. The van der Waals surface area contributed by atoms with Gasteiger partial charge >= 0.3 is 0 Å². The van der Waals surface area contributed by atoms with Crippen LogP contribution < -0.4 is 15.5 Å². The van der Waals surface area contributed by atoms with E-state index in [1.165, 1.54) is 17.3 Å². The Hall–Kier alpha value is -2.98. The number of carbonyl (C=O) groups is 1. The fourth-order valence-corrected chi connectivity index (χ4v) is 4.68. The Morgan fingerprint density at radius 3 is 2.39 bits per heavy atom. The van der Waals surface area contributed by atoms with Crippen LogP contribution in [0.25, 0.3) is 0 Å². The zero-order chi connectivity index (χ0) is 25.3. The average Bonchev–Trinajstić information content (AvgIpc) is 3.52. The lowest BCUT2D eigenvalue weighted by molar-refractivity contribution is 0.0951. The predicted octanol–water partition coefficient (Wildman–Crippen LogP) is 3.46. The lowest BCUT2D eigenvalue weighted by atomic mass is 9.87. The molecule has 9 nitrogen and oxygen atoms in total. The molecule has 10 heteroatoms. The molecule has 2 fully saturated rings. The van der Waals surface area contributed by atoms with Gasteiger partial charge in [-0.25, -0.2) is 0 Å². The van der Waals surface area contributed by atoms with E-state index in [1.54, 1.807) is 0 Å². The quantitative estimate of drug-likeness (QED) is 0.615. The van der Waals surface area contributed by atoms with Crippen LogP contribution in [0.2, 0.25) is 0 Å². The van der Waals surface area contributed by atoms with Gasteiger partial charge in [0.05, 0.1) is 6.54 Å². The first-order valence-electron chi connectivity index (χ1n) is 12.5. The van der Waals surface area contributed by atoms with E-state index in [1.807, 2.05) is 24.3 Å². The Labute approximate surface area is 216 Å². The van der Waals surface area contributed by atoms with Crippen LogP contribution in [-0.4, -0.2) is 77.4 Å². The summed E-state index contributed by atoms with van der Waals surface area (Å²) in [6.45, 7) is 10.9. The molecule has 2 aliphatic heterocycles. The summed E-state index contributed by atoms with van der Waals surface area (Å²) in [5.41, 5.74) is 2.02. The number of likely N-dealkylation sites (N-methyl/N-ethyl adjacent to an activating group) is 1. The van der Waals surface area contributed by atoms with Crippen LogP contribution in [0, 0.1) is 5.41 Å². The number of carbonyl (C=O) groups excluding carboxylic acids is 1. The summed E-state index contributed by atoms with van der Waals surface area (Å²) < 4.78 is 0. The van der Waals surface area contributed by atoms with Gasteiger partial charge < -0.3 is 20.4 Å². The average molecular weight is 507 g/mol. The number of hydrogen-bond donors (Lipinski definition) is 2. The third-order valence-electron chi connectivity index (χ3n) is 6.56. The summed E-state index contributed by atoms with van der Waals surface area (Å²) in [6.07, 6.45) is 4.24. The van der Waals surface area contributed by atoms with E-state index in [0.717, 1.165) is 49.8 Å². The van der Waals surface area contributed by atoms with Gasteiger partial charge in [-0.1, -0.05) is 20.8 Å². The van der Waals surface area contributed by atoms with Crippen LogP contribution in [-0.2, 0) is 0 Å². The molecule has 1 aliphatic carbocycles. The molecule has 2 aromatic rings. The van der Waals surface area contributed by atoms with Gasteiger partial charge in [0.25, 0.3) is 5.91 Å². The highest BCUT2D eigenvalue weighted by Gasteiger charge is 2.24. The molecule has 3 aliphatic rings. The zero-order valence-electron chi connectivity index (χ0n) is 21.4. The Bertz CT molecular complexity index is 1180. The Morgan fingerprint density at radius 1 is 1.03 bits per heavy atom. The van der Waals surface area contributed by atoms with Gasteiger partial charge in [-0.3, -0.25) is 9.79 Å². The molecule has 36 heavy (non-hydrogen) atoms. The van der Waals surface area contributed by atoms with Crippen molar-refractivity contribution in [2.75, 3.05) is 50.0 Å². The van der Waals surface area contributed by atoms with Crippen molar-refractivity contribution >= 4 is 35.4 Å². The van der Waals surface area contributed by atoms with Crippen molar-refractivity contribution in [3.8, 4) is 0 Å². The van der Waals surface area contributed by atoms with Crippen LogP contribution >= 0.6 is 11.8 Å². The maximum absolute atomic E-state index is 12.3. The van der Waals surface area contributed by atoms with Gasteiger partial charge in [-0.2, -0.15) is 15.0 Å². The molecule has 2 N–H and O–H groups in total. The lowest BCUT2D eigenvalue weighted by Gasteiger charge is -2.32. The van der Waals surface area contributed by atoms with E-state index < -0.39 is 0 Å². The molecular formula is C26H34N8OS. The van der Waals surface area contributed by atoms with Crippen molar-refractivity contribution in [1.82, 2.24) is 25.2 Å². The maximum Gasteiger partial charge on any atom is 0.251 e. The minimum Gasteiger partial charge on any atom is -0.349 e. The highest BCUT2D eigenvalue weighted by Crippen LogP contribution is 2.30. The van der Waals surface area contributed by atoms with Gasteiger partial charge in [-0.05, 0) is 73.0 Å². The van der Waals surface area contributed by atoms with Gasteiger partial charge in [-0.15, -0.1) is 0 Å². The number of nitrogens with zero attached hydrogens (tertiary/aromatic N) is 6. The summed E-state index contributed by atoms with van der Waals surface area (Å²) in [7, 11) is 2.13. The number of anilines is 2. The van der Waals surface area contributed by atoms with Crippen molar-refractivity contribution in [3.05, 3.63) is 41.5 Å². The zero-order valence-corrected chi connectivity index (χ0v) is 22.2. The van der Waals surface area contributed by atoms with Crippen LogP contribution in [0.3, 0.4) is 0 Å². The largest absolute Gasteiger partial charge is 0.349 e. The van der Waals surface area contributed by atoms with E-state index in [0.29, 0.717) is 35.2 Å². The number of piperazine rings is 1. The Kier molecular flexibility index (Phi) is 6.98. The van der Waals surface area contributed by atoms with E-state index in [-0.39, 0.29) is 11.3 Å². The second-order valence-corrected chi connectivity index (χ2v) is 11.7. The van der Waals surface area contributed by atoms with Crippen LogP contribution in [0.4, 0.5) is 11.9 Å². The third kappa shape index (κ3) is 6.22. The highest BCUT2D eigenvalue weighted by molar-refractivity contribution is 7.99. The van der Waals surface area contributed by atoms with E-state index in [2.05, 4.69) is 59.3 Å². The monoisotopic (exact) mass is 506 g/mol. The summed E-state index contributed by atoms with van der Waals surface area (Å²) in [6, 6.07) is 7.94. The van der Waals surface area contributed by atoms with E-state index >= 15 is 0 Å². The molecule has 1 aromatic carbocycles. The lowest BCUT2D eigenvalue weighted by Crippen LogP contribution is -2.45. The molecule has 0 radical (unpaired) electrons. The standard InChI is InChI=1S/C26H34N8OS/c1-26(2,3)18-15-21(27-16-18)29-23-30-24(34-13-11-33(4)12-14-34)32-25(31-23)36-20-9-5-17(6-10-20)22(35)28-19-7-8-19/h5-6,9-10,15,19H,7-8,11-14,16H2,1-4H3,(H,28,35)(H,27,29,30,31,32). The van der Waals surface area contributed by atoms with E-state index in [9.17, 15) is 4.79 Å². The minimum absolute atomic E-state index is 0.0157. The van der Waals surface area contributed by atoms with Crippen molar-refractivity contribution in [1.29, 1.82) is 0 Å². The van der Waals surface area contributed by atoms with Gasteiger partial charge in [0.15, 0.2) is 5.16 Å².